The van der Waals surface area contributed by atoms with E-state index in [1.165, 1.54) is 0 Å². The molecule has 1 aromatic heterocycles. The van der Waals surface area contributed by atoms with E-state index in [0.29, 0.717) is 24.5 Å². The molecule has 3 aliphatic heterocycles. The standard InChI is InChI=1S/C29H25N3O4/c1-17-6-9-19(10-7-17)28-27-21(20-4-2-3-5-22(20)30-27)13-23-29(34)31(15-26(33)32(23)28)14-18-8-11-24-25(12-18)36-16-35-24/h2-12,23,28,30H,13-16H2,1H3. The Kier molecular flexibility index (Phi) is 4.61. The highest BCUT2D eigenvalue weighted by molar-refractivity contribution is 5.97. The summed E-state index contributed by atoms with van der Waals surface area (Å²) in [4.78, 5) is 34.7. The summed E-state index contributed by atoms with van der Waals surface area (Å²) in [6, 6.07) is 21.2. The van der Waals surface area contributed by atoms with Crippen LogP contribution in [-0.2, 0) is 22.6 Å². The van der Waals surface area contributed by atoms with E-state index in [9.17, 15) is 9.59 Å². The van der Waals surface area contributed by atoms with E-state index in [2.05, 4.69) is 41.4 Å². The number of amides is 2. The van der Waals surface area contributed by atoms with Gasteiger partial charge in [-0.1, -0.05) is 54.1 Å². The first-order valence-corrected chi connectivity index (χ1v) is 12.2. The number of aryl methyl sites for hydroxylation is 1. The topological polar surface area (TPSA) is 74.9 Å². The third-order valence-corrected chi connectivity index (χ3v) is 7.55. The minimum Gasteiger partial charge on any atom is -0.454 e. The Morgan fingerprint density at radius 1 is 0.972 bits per heavy atom. The van der Waals surface area contributed by atoms with Gasteiger partial charge in [0.1, 0.15) is 12.6 Å². The first-order chi connectivity index (χ1) is 17.6. The number of nitrogens with zero attached hydrogens (tertiary/aromatic N) is 2. The summed E-state index contributed by atoms with van der Waals surface area (Å²) in [5, 5.41) is 1.11. The first-order valence-electron chi connectivity index (χ1n) is 12.2. The molecule has 4 aromatic rings. The van der Waals surface area contributed by atoms with Gasteiger partial charge in [0.25, 0.3) is 0 Å². The molecule has 0 saturated carbocycles. The molecule has 180 valence electrons. The van der Waals surface area contributed by atoms with Crippen molar-refractivity contribution in [1.82, 2.24) is 14.8 Å². The van der Waals surface area contributed by atoms with E-state index in [0.717, 1.165) is 38.9 Å². The number of hydrogen-bond acceptors (Lipinski definition) is 4. The van der Waals surface area contributed by atoms with Gasteiger partial charge < -0.3 is 24.3 Å². The van der Waals surface area contributed by atoms with E-state index < -0.39 is 6.04 Å². The molecule has 0 spiro atoms. The quantitative estimate of drug-likeness (QED) is 0.480. The molecule has 1 saturated heterocycles. The molecule has 36 heavy (non-hydrogen) atoms. The number of benzene rings is 3. The molecule has 0 bridgehead atoms. The van der Waals surface area contributed by atoms with Crippen LogP contribution in [0.1, 0.15) is 34.0 Å². The molecule has 0 aliphatic carbocycles. The highest BCUT2D eigenvalue weighted by Gasteiger charge is 2.48. The molecule has 7 heteroatoms. The second kappa shape index (κ2) is 7.88. The van der Waals surface area contributed by atoms with Gasteiger partial charge in [-0.05, 0) is 41.8 Å². The zero-order valence-electron chi connectivity index (χ0n) is 19.9. The van der Waals surface area contributed by atoms with Crippen molar-refractivity contribution in [2.24, 2.45) is 0 Å². The molecule has 0 radical (unpaired) electrons. The van der Waals surface area contributed by atoms with Crippen LogP contribution in [0.5, 0.6) is 11.5 Å². The zero-order chi connectivity index (χ0) is 24.4. The van der Waals surface area contributed by atoms with Crippen molar-refractivity contribution >= 4 is 22.7 Å². The Labute approximate surface area is 208 Å². The van der Waals surface area contributed by atoms with E-state index >= 15 is 0 Å². The number of rotatable bonds is 3. The van der Waals surface area contributed by atoms with Crippen LogP contribution >= 0.6 is 0 Å². The monoisotopic (exact) mass is 479 g/mol. The van der Waals surface area contributed by atoms with Crippen molar-refractivity contribution in [2.75, 3.05) is 13.3 Å². The fourth-order valence-corrected chi connectivity index (χ4v) is 5.81. The number of H-pyrrole nitrogens is 1. The summed E-state index contributed by atoms with van der Waals surface area (Å²) in [5.74, 6) is 1.30. The van der Waals surface area contributed by atoms with Gasteiger partial charge in [-0.15, -0.1) is 0 Å². The van der Waals surface area contributed by atoms with Crippen molar-refractivity contribution in [3.8, 4) is 11.5 Å². The largest absolute Gasteiger partial charge is 0.454 e. The molecule has 3 aromatic carbocycles. The van der Waals surface area contributed by atoms with Gasteiger partial charge in [0.2, 0.25) is 18.6 Å². The Hall–Kier alpha value is -4.26. The van der Waals surface area contributed by atoms with E-state index in [1.54, 1.807) is 9.80 Å². The number of nitrogens with one attached hydrogen (secondary N) is 1. The fourth-order valence-electron chi connectivity index (χ4n) is 5.81. The van der Waals surface area contributed by atoms with E-state index in [-0.39, 0.29) is 31.2 Å². The normalized spacial score (nSPS) is 20.6. The predicted octanol–water partition coefficient (Wildman–Crippen LogP) is 4.09. The predicted molar refractivity (Wildman–Crippen MR) is 134 cm³/mol. The maximum atomic E-state index is 13.9. The maximum Gasteiger partial charge on any atom is 0.246 e. The smallest absolute Gasteiger partial charge is 0.246 e. The van der Waals surface area contributed by atoms with Crippen LogP contribution in [0.4, 0.5) is 0 Å². The summed E-state index contributed by atoms with van der Waals surface area (Å²) >= 11 is 0. The lowest BCUT2D eigenvalue weighted by Gasteiger charge is -2.47. The van der Waals surface area contributed by atoms with Crippen molar-refractivity contribution in [1.29, 1.82) is 0 Å². The van der Waals surface area contributed by atoms with Gasteiger partial charge >= 0.3 is 0 Å². The summed E-state index contributed by atoms with van der Waals surface area (Å²) in [6.07, 6.45) is 0.490. The lowest BCUT2D eigenvalue weighted by molar-refractivity contribution is -0.159. The average molecular weight is 480 g/mol. The molecular formula is C29H25N3O4. The van der Waals surface area contributed by atoms with Crippen LogP contribution in [0.15, 0.2) is 66.7 Å². The van der Waals surface area contributed by atoms with Crippen LogP contribution < -0.4 is 9.47 Å². The van der Waals surface area contributed by atoms with Gasteiger partial charge in [-0.2, -0.15) is 0 Å². The highest BCUT2D eigenvalue weighted by atomic mass is 16.7. The number of carbonyl (C=O) groups is 2. The lowest BCUT2D eigenvalue weighted by Crippen LogP contribution is -2.62. The first kappa shape index (κ1) is 21.1. The molecule has 1 fully saturated rings. The third kappa shape index (κ3) is 3.19. The lowest BCUT2D eigenvalue weighted by atomic mass is 9.86. The highest BCUT2D eigenvalue weighted by Crippen LogP contribution is 2.43. The molecule has 2 unspecified atom stereocenters. The molecular weight excluding hydrogens is 454 g/mol. The third-order valence-electron chi connectivity index (χ3n) is 7.55. The van der Waals surface area contributed by atoms with Crippen molar-refractivity contribution < 1.29 is 19.1 Å². The summed E-state index contributed by atoms with van der Waals surface area (Å²) in [5.41, 5.74) is 6.21. The second-order valence-electron chi connectivity index (χ2n) is 9.78. The fraction of sp³-hybridized carbons (Fsp3) is 0.241. The maximum absolute atomic E-state index is 13.9. The average Bonchev–Trinajstić information content (AvgIpc) is 3.50. The van der Waals surface area contributed by atoms with Crippen molar-refractivity contribution in [3.63, 3.8) is 0 Å². The number of para-hydroxylation sites is 1. The van der Waals surface area contributed by atoms with E-state index in [4.69, 9.17) is 9.47 Å². The van der Waals surface area contributed by atoms with Crippen LogP contribution in [-0.4, -0.2) is 46.0 Å². The summed E-state index contributed by atoms with van der Waals surface area (Å²) < 4.78 is 10.9. The number of fused-ring (bicyclic) bond motifs is 5. The summed E-state index contributed by atoms with van der Waals surface area (Å²) in [7, 11) is 0. The number of ether oxygens (including phenoxy) is 2. The number of carbonyl (C=O) groups excluding carboxylic acids is 2. The Balaban J connectivity index is 1.29. The number of aromatic amines is 1. The zero-order valence-corrected chi connectivity index (χ0v) is 19.9. The summed E-state index contributed by atoms with van der Waals surface area (Å²) in [6.45, 7) is 2.64. The van der Waals surface area contributed by atoms with Gasteiger partial charge in [0.05, 0.1) is 6.04 Å². The van der Waals surface area contributed by atoms with Crippen LogP contribution in [0.2, 0.25) is 0 Å². The van der Waals surface area contributed by atoms with Gasteiger partial charge in [0.15, 0.2) is 11.5 Å². The van der Waals surface area contributed by atoms with Crippen LogP contribution in [0, 0.1) is 6.92 Å². The molecule has 3 aliphatic rings. The van der Waals surface area contributed by atoms with E-state index in [1.807, 2.05) is 37.3 Å². The van der Waals surface area contributed by atoms with Crippen LogP contribution in [0.3, 0.4) is 0 Å². The molecule has 2 atom stereocenters. The number of aromatic nitrogens is 1. The Bertz CT molecular complexity index is 1520. The number of piperazine rings is 1. The second-order valence-corrected chi connectivity index (χ2v) is 9.78. The SMILES string of the molecule is Cc1ccc(C2c3[nH]c4ccccc4c3CC3C(=O)N(Cc4ccc5c(c4)OCO5)CC(=O)N32)cc1. The van der Waals surface area contributed by atoms with Gasteiger partial charge in [-0.3, -0.25) is 9.59 Å². The Morgan fingerprint density at radius 3 is 2.64 bits per heavy atom. The Morgan fingerprint density at radius 2 is 1.78 bits per heavy atom. The molecule has 7 rings (SSSR count). The molecule has 4 heterocycles. The van der Waals surface area contributed by atoms with Crippen molar-refractivity contribution in [2.45, 2.75) is 32.0 Å². The minimum atomic E-state index is -0.557. The van der Waals surface area contributed by atoms with Crippen molar-refractivity contribution in [3.05, 3.63) is 94.7 Å². The number of hydrogen-bond donors (Lipinski definition) is 1. The molecule has 2 amide bonds. The minimum absolute atomic E-state index is 0.0275. The molecule has 7 nitrogen and oxygen atoms in total. The van der Waals surface area contributed by atoms with Crippen LogP contribution in [0.25, 0.3) is 10.9 Å². The van der Waals surface area contributed by atoms with Gasteiger partial charge in [-0.25, -0.2) is 0 Å². The molecule has 1 N–H and O–H groups in total. The van der Waals surface area contributed by atoms with Gasteiger partial charge in [0, 0.05) is 29.6 Å².